The summed E-state index contributed by atoms with van der Waals surface area (Å²) in [6, 6.07) is 13.2. The lowest BCUT2D eigenvalue weighted by atomic mass is 9.92. The average molecular weight is 520 g/mol. The maximum Gasteiger partial charge on any atom is 0.258 e. The summed E-state index contributed by atoms with van der Waals surface area (Å²) < 4.78 is 12.9. The van der Waals surface area contributed by atoms with Crippen molar-refractivity contribution >= 4 is 40.0 Å². The second kappa shape index (κ2) is 10.9. The van der Waals surface area contributed by atoms with Crippen LogP contribution in [0.2, 0.25) is 5.02 Å². The van der Waals surface area contributed by atoms with E-state index < -0.39 is 0 Å². The number of Topliss-reactive ketones (excluding diaryl/α,β-unsaturated/α-hetero) is 1. The van der Waals surface area contributed by atoms with E-state index in [1.165, 1.54) is 6.20 Å². The van der Waals surface area contributed by atoms with Crippen LogP contribution in [-0.4, -0.2) is 28.5 Å². The summed E-state index contributed by atoms with van der Waals surface area (Å²) in [5.41, 5.74) is 3.72. The molecule has 0 bridgehead atoms. The highest BCUT2D eigenvalue weighted by molar-refractivity contribution is 6.30. The minimum atomic E-state index is -0.244. The standard InChI is InChI=1S/C29H30ClN3O4/c1-3-26-18(2)24-15-23(7-8-27(24)37-26)32-29-31-16-21(14-25(34)20-9-11-36-12-10-20)28(35)33(29)17-19-5-4-6-22(30)13-19/h4-8,13,15-16,20H,3,9-12,14,17H2,1-2H3,(H,31,32). The van der Waals surface area contributed by atoms with Crippen molar-refractivity contribution in [2.45, 2.75) is 46.1 Å². The number of fused-ring (bicyclic) bond motifs is 1. The van der Waals surface area contributed by atoms with Crippen LogP contribution < -0.4 is 10.9 Å². The summed E-state index contributed by atoms with van der Waals surface area (Å²) in [7, 11) is 0. The highest BCUT2D eigenvalue weighted by Crippen LogP contribution is 2.29. The molecule has 1 fully saturated rings. The van der Waals surface area contributed by atoms with Gasteiger partial charge >= 0.3 is 0 Å². The molecule has 5 rings (SSSR count). The number of hydrogen-bond donors (Lipinski definition) is 1. The largest absolute Gasteiger partial charge is 0.461 e. The fraction of sp³-hybridized carbons (Fsp3) is 0.345. The SMILES string of the molecule is CCc1oc2ccc(Nc3ncc(CC(=O)C4CCOCC4)c(=O)n3Cc3cccc(Cl)c3)cc2c1C. The summed E-state index contributed by atoms with van der Waals surface area (Å²) in [4.78, 5) is 31.2. The van der Waals surface area contributed by atoms with Gasteiger partial charge in [-0.25, -0.2) is 4.98 Å². The van der Waals surface area contributed by atoms with Gasteiger partial charge in [-0.2, -0.15) is 0 Å². The predicted octanol–water partition coefficient (Wildman–Crippen LogP) is 5.84. The molecular weight excluding hydrogens is 490 g/mol. The second-order valence-corrected chi connectivity index (χ2v) is 9.93. The Hall–Kier alpha value is -3.42. The molecule has 2 aromatic heterocycles. The van der Waals surface area contributed by atoms with E-state index in [-0.39, 0.29) is 30.2 Å². The molecular formula is C29H30ClN3O4. The van der Waals surface area contributed by atoms with Crippen LogP contribution in [0.4, 0.5) is 11.6 Å². The molecule has 0 aliphatic carbocycles. The molecule has 1 aliphatic heterocycles. The van der Waals surface area contributed by atoms with Gasteiger partial charge in [-0.05, 0) is 61.2 Å². The number of anilines is 2. The number of ether oxygens (including phenoxy) is 1. The first-order valence-corrected chi connectivity index (χ1v) is 13.0. The number of nitrogens with one attached hydrogen (secondary N) is 1. The first-order chi connectivity index (χ1) is 17.9. The molecule has 2 aromatic carbocycles. The van der Waals surface area contributed by atoms with E-state index in [2.05, 4.69) is 17.2 Å². The van der Waals surface area contributed by atoms with E-state index in [0.29, 0.717) is 42.6 Å². The van der Waals surface area contributed by atoms with Crippen molar-refractivity contribution in [1.82, 2.24) is 9.55 Å². The Bertz CT molecular complexity index is 1500. The number of carbonyl (C=O) groups is 1. The lowest BCUT2D eigenvalue weighted by molar-refractivity contribution is -0.125. The number of aryl methyl sites for hydroxylation is 2. The van der Waals surface area contributed by atoms with Gasteiger partial charge in [0, 0.05) is 59.8 Å². The van der Waals surface area contributed by atoms with Gasteiger partial charge in [0.2, 0.25) is 5.95 Å². The van der Waals surface area contributed by atoms with Crippen LogP contribution in [0.15, 0.2) is 57.9 Å². The first-order valence-electron chi connectivity index (χ1n) is 12.7. The first kappa shape index (κ1) is 25.2. The molecule has 0 radical (unpaired) electrons. The van der Waals surface area contributed by atoms with Crippen LogP contribution in [0, 0.1) is 12.8 Å². The van der Waals surface area contributed by atoms with Crippen LogP contribution in [0.3, 0.4) is 0 Å². The maximum absolute atomic E-state index is 13.7. The number of benzene rings is 2. The van der Waals surface area contributed by atoms with Crippen molar-refractivity contribution in [3.8, 4) is 0 Å². The minimum absolute atomic E-state index is 0.0600. The summed E-state index contributed by atoms with van der Waals surface area (Å²) in [5.74, 6) is 1.33. The van der Waals surface area contributed by atoms with Crippen LogP contribution in [0.25, 0.3) is 11.0 Å². The average Bonchev–Trinajstić information content (AvgIpc) is 3.23. The maximum atomic E-state index is 13.7. The lowest BCUT2D eigenvalue weighted by Gasteiger charge is -2.21. The summed E-state index contributed by atoms with van der Waals surface area (Å²) in [5, 5.41) is 4.92. The van der Waals surface area contributed by atoms with E-state index in [4.69, 9.17) is 20.8 Å². The number of nitrogens with zero attached hydrogens (tertiary/aromatic N) is 2. The molecule has 0 unspecified atom stereocenters. The Labute approximate surface area is 220 Å². The number of halogens is 1. The van der Waals surface area contributed by atoms with Gasteiger partial charge in [-0.3, -0.25) is 14.2 Å². The smallest absolute Gasteiger partial charge is 0.258 e. The number of rotatable bonds is 8. The van der Waals surface area contributed by atoms with Crippen molar-refractivity contribution in [2.75, 3.05) is 18.5 Å². The lowest BCUT2D eigenvalue weighted by Crippen LogP contribution is -2.31. The topological polar surface area (TPSA) is 86.4 Å². The normalized spacial score (nSPS) is 14.2. The van der Waals surface area contributed by atoms with Crippen LogP contribution in [0.5, 0.6) is 0 Å². The van der Waals surface area contributed by atoms with E-state index in [0.717, 1.165) is 40.0 Å². The van der Waals surface area contributed by atoms with Crippen molar-refractivity contribution in [3.05, 3.63) is 86.5 Å². The Morgan fingerprint density at radius 3 is 2.76 bits per heavy atom. The highest BCUT2D eigenvalue weighted by atomic mass is 35.5. The predicted molar refractivity (Wildman–Crippen MR) is 145 cm³/mol. The van der Waals surface area contributed by atoms with Crippen LogP contribution >= 0.6 is 11.6 Å². The van der Waals surface area contributed by atoms with E-state index >= 15 is 0 Å². The van der Waals surface area contributed by atoms with Crippen molar-refractivity contribution in [2.24, 2.45) is 5.92 Å². The molecule has 7 nitrogen and oxygen atoms in total. The van der Waals surface area contributed by atoms with Gasteiger partial charge in [-0.1, -0.05) is 30.7 Å². The van der Waals surface area contributed by atoms with Gasteiger partial charge in [0.25, 0.3) is 5.56 Å². The summed E-state index contributed by atoms with van der Waals surface area (Å²) in [6.45, 7) is 5.54. The molecule has 1 saturated heterocycles. The molecule has 192 valence electrons. The molecule has 1 N–H and O–H groups in total. The zero-order valence-electron chi connectivity index (χ0n) is 21.1. The molecule has 0 amide bonds. The molecule has 3 heterocycles. The zero-order chi connectivity index (χ0) is 25.9. The Morgan fingerprint density at radius 2 is 2.00 bits per heavy atom. The zero-order valence-corrected chi connectivity index (χ0v) is 21.8. The molecule has 1 aliphatic rings. The van der Waals surface area contributed by atoms with Gasteiger partial charge in [0.1, 0.15) is 17.1 Å². The third kappa shape index (κ3) is 5.48. The van der Waals surface area contributed by atoms with Crippen molar-refractivity contribution < 1.29 is 13.9 Å². The highest BCUT2D eigenvalue weighted by Gasteiger charge is 2.23. The number of aromatic nitrogens is 2. The van der Waals surface area contributed by atoms with E-state index in [9.17, 15) is 9.59 Å². The summed E-state index contributed by atoms with van der Waals surface area (Å²) >= 11 is 6.21. The summed E-state index contributed by atoms with van der Waals surface area (Å²) in [6.07, 6.45) is 3.79. The molecule has 0 spiro atoms. The monoisotopic (exact) mass is 519 g/mol. The number of ketones is 1. The molecule has 4 aromatic rings. The van der Waals surface area contributed by atoms with Crippen LogP contribution in [0.1, 0.15) is 42.2 Å². The number of furan rings is 1. The van der Waals surface area contributed by atoms with Crippen molar-refractivity contribution in [3.63, 3.8) is 0 Å². The Balaban J connectivity index is 1.49. The molecule has 37 heavy (non-hydrogen) atoms. The van der Waals surface area contributed by atoms with E-state index in [1.807, 2.05) is 43.3 Å². The third-order valence-corrected chi connectivity index (χ3v) is 7.24. The van der Waals surface area contributed by atoms with Gasteiger partial charge in [-0.15, -0.1) is 0 Å². The Kier molecular flexibility index (Phi) is 7.44. The molecule has 0 atom stereocenters. The van der Waals surface area contributed by atoms with Gasteiger partial charge < -0.3 is 14.5 Å². The number of carbonyl (C=O) groups excluding carboxylic acids is 1. The molecule has 0 saturated carbocycles. The van der Waals surface area contributed by atoms with Gasteiger partial charge in [0.05, 0.1) is 6.54 Å². The van der Waals surface area contributed by atoms with Crippen LogP contribution in [-0.2, 0) is 28.9 Å². The minimum Gasteiger partial charge on any atom is -0.461 e. The Morgan fingerprint density at radius 1 is 1.19 bits per heavy atom. The fourth-order valence-corrected chi connectivity index (χ4v) is 5.10. The molecule has 8 heteroatoms. The number of hydrogen-bond acceptors (Lipinski definition) is 6. The van der Waals surface area contributed by atoms with Crippen molar-refractivity contribution in [1.29, 1.82) is 0 Å². The fourth-order valence-electron chi connectivity index (χ4n) is 4.89. The van der Waals surface area contributed by atoms with E-state index in [1.54, 1.807) is 10.6 Å². The second-order valence-electron chi connectivity index (χ2n) is 9.50. The quantitative estimate of drug-likeness (QED) is 0.314. The third-order valence-electron chi connectivity index (χ3n) is 7.00. The van der Waals surface area contributed by atoms with Gasteiger partial charge in [0.15, 0.2) is 0 Å².